The molecule has 72 heavy (non-hydrogen) atoms. The summed E-state index contributed by atoms with van der Waals surface area (Å²) >= 11 is 0. The van der Waals surface area contributed by atoms with E-state index in [0.717, 1.165) is 83.5 Å². The van der Waals surface area contributed by atoms with Crippen molar-refractivity contribution in [3.8, 4) is 0 Å². The highest BCUT2D eigenvalue weighted by Gasteiger charge is 2.19. The predicted octanol–water partition coefficient (Wildman–Crippen LogP) is 21.4. The van der Waals surface area contributed by atoms with Crippen LogP contribution in [0.15, 0.2) is 48.6 Å². The molecular formula is C66H120O6. The van der Waals surface area contributed by atoms with E-state index in [2.05, 4.69) is 69.4 Å². The van der Waals surface area contributed by atoms with Crippen LogP contribution in [0.4, 0.5) is 0 Å². The van der Waals surface area contributed by atoms with Crippen LogP contribution in [0.2, 0.25) is 0 Å². The number of ether oxygens (including phenoxy) is 3. The molecule has 0 N–H and O–H groups in total. The molecule has 0 rings (SSSR count). The fraction of sp³-hybridized carbons (Fsp3) is 0.833. The number of unbranched alkanes of at least 4 members (excludes halogenated alkanes) is 39. The minimum atomic E-state index is -0.763. The topological polar surface area (TPSA) is 78.9 Å². The lowest BCUT2D eigenvalue weighted by molar-refractivity contribution is -0.167. The number of esters is 3. The van der Waals surface area contributed by atoms with Crippen LogP contribution in [-0.2, 0) is 28.6 Å². The van der Waals surface area contributed by atoms with Gasteiger partial charge in [0.15, 0.2) is 6.10 Å². The second-order valence-corrected chi connectivity index (χ2v) is 21.3. The molecule has 0 aromatic rings. The van der Waals surface area contributed by atoms with Crippen LogP contribution < -0.4 is 0 Å². The minimum absolute atomic E-state index is 0.0657. The fourth-order valence-electron chi connectivity index (χ4n) is 9.38. The molecule has 0 saturated carbocycles. The Balaban J connectivity index is 3.89. The van der Waals surface area contributed by atoms with Crippen molar-refractivity contribution in [1.29, 1.82) is 0 Å². The van der Waals surface area contributed by atoms with E-state index in [1.54, 1.807) is 0 Å². The molecule has 0 aromatic heterocycles. The average Bonchev–Trinajstić information content (AvgIpc) is 3.38. The number of rotatable bonds is 58. The van der Waals surface area contributed by atoms with Crippen LogP contribution in [0.5, 0.6) is 0 Å². The van der Waals surface area contributed by atoms with Gasteiger partial charge in [0.2, 0.25) is 0 Å². The quantitative estimate of drug-likeness (QED) is 0.0261. The van der Waals surface area contributed by atoms with Crippen molar-refractivity contribution >= 4 is 17.9 Å². The van der Waals surface area contributed by atoms with Crippen LogP contribution in [-0.4, -0.2) is 37.2 Å². The molecule has 0 aliphatic heterocycles. The summed E-state index contributed by atoms with van der Waals surface area (Å²) in [5.74, 6) is -0.852. The molecule has 1 unspecified atom stereocenters. The highest BCUT2D eigenvalue weighted by Crippen LogP contribution is 2.18. The zero-order chi connectivity index (χ0) is 52.2. The van der Waals surface area contributed by atoms with Gasteiger partial charge >= 0.3 is 17.9 Å². The van der Waals surface area contributed by atoms with Gasteiger partial charge in [0, 0.05) is 19.3 Å². The Labute approximate surface area is 448 Å². The monoisotopic (exact) mass is 1010 g/mol. The summed E-state index contributed by atoms with van der Waals surface area (Å²) in [6.45, 7) is 6.53. The first kappa shape index (κ1) is 69.4. The predicted molar refractivity (Wildman–Crippen MR) is 312 cm³/mol. The lowest BCUT2D eigenvalue weighted by Crippen LogP contribution is -2.30. The summed E-state index contributed by atoms with van der Waals surface area (Å²) in [6.07, 6.45) is 75.9. The van der Waals surface area contributed by atoms with E-state index in [9.17, 15) is 14.4 Å². The van der Waals surface area contributed by atoms with Crippen molar-refractivity contribution in [3.05, 3.63) is 48.6 Å². The number of carbonyl (C=O) groups excluding carboxylic acids is 3. The first-order valence-corrected chi connectivity index (χ1v) is 31.6. The Hall–Kier alpha value is -2.63. The van der Waals surface area contributed by atoms with Gasteiger partial charge in [-0.25, -0.2) is 0 Å². The van der Waals surface area contributed by atoms with Gasteiger partial charge in [-0.05, 0) is 57.8 Å². The molecule has 420 valence electrons. The second-order valence-electron chi connectivity index (χ2n) is 21.3. The van der Waals surface area contributed by atoms with Gasteiger partial charge < -0.3 is 14.2 Å². The van der Waals surface area contributed by atoms with Crippen molar-refractivity contribution in [2.24, 2.45) is 0 Å². The molecular weight excluding hydrogens is 889 g/mol. The minimum Gasteiger partial charge on any atom is -0.462 e. The third-order valence-electron chi connectivity index (χ3n) is 14.1. The lowest BCUT2D eigenvalue weighted by atomic mass is 10.0. The average molecular weight is 1010 g/mol. The zero-order valence-electron chi connectivity index (χ0n) is 48.2. The normalized spacial score (nSPS) is 12.3. The largest absolute Gasteiger partial charge is 0.462 e. The number of hydrogen-bond acceptors (Lipinski definition) is 6. The fourth-order valence-corrected chi connectivity index (χ4v) is 9.38. The van der Waals surface area contributed by atoms with Gasteiger partial charge in [0.25, 0.3) is 0 Å². The standard InChI is InChI=1S/C66H120O6/c1-4-7-10-13-16-19-21-22-23-24-25-26-27-28-29-30-31-32-33-34-35-36-37-38-39-40-41-42-43-44-46-47-50-53-56-59-65(68)71-62-63(61-70-64(67)58-55-52-49-18-15-12-9-6-3)72-66(69)60-57-54-51-48-45-20-17-14-11-8-5-2/h7,10,16,19,22-23,25-26,63H,4-6,8-9,11-15,17-18,20-21,24,27-62H2,1-3H3/b10-7-,19-16-,23-22-,26-25-. The summed E-state index contributed by atoms with van der Waals surface area (Å²) in [5.41, 5.74) is 0. The zero-order valence-corrected chi connectivity index (χ0v) is 48.2. The van der Waals surface area contributed by atoms with Gasteiger partial charge in [0.05, 0.1) is 0 Å². The van der Waals surface area contributed by atoms with E-state index in [1.807, 2.05) is 0 Å². The number of allylic oxidation sites excluding steroid dienone is 8. The molecule has 0 fully saturated rings. The van der Waals surface area contributed by atoms with Crippen LogP contribution in [0.25, 0.3) is 0 Å². The van der Waals surface area contributed by atoms with Gasteiger partial charge in [-0.2, -0.15) is 0 Å². The summed E-state index contributed by atoms with van der Waals surface area (Å²) in [6, 6.07) is 0. The molecule has 1 atom stereocenters. The van der Waals surface area contributed by atoms with Gasteiger partial charge in [0.1, 0.15) is 13.2 Å². The summed E-state index contributed by atoms with van der Waals surface area (Å²) in [4.78, 5) is 37.9. The lowest BCUT2D eigenvalue weighted by Gasteiger charge is -2.18. The van der Waals surface area contributed by atoms with Crippen LogP contribution in [0, 0.1) is 0 Å². The van der Waals surface area contributed by atoms with Crippen LogP contribution >= 0.6 is 0 Å². The molecule has 6 heteroatoms. The van der Waals surface area contributed by atoms with Crippen molar-refractivity contribution in [2.45, 2.75) is 341 Å². The number of hydrogen-bond donors (Lipinski definition) is 0. The van der Waals surface area contributed by atoms with E-state index in [1.165, 1.54) is 212 Å². The maximum Gasteiger partial charge on any atom is 0.306 e. The highest BCUT2D eigenvalue weighted by atomic mass is 16.6. The highest BCUT2D eigenvalue weighted by molar-refractivity contribution is 5.71. The molecule has 0 saturated heterocycles. The van der Waals surface area contributed by atoms with Crippen molar-refractivity contribution < 1.29 is 28.6 Å². The molecule has 6 nitrogen and oxygen atoms in total. The molecule has 0 heterocycles. The first-order valence-electron chi connectivity index (χ1n) is 31.6. The Bertz CT molecular complexity index is 1250. The second kappa shape index (κ2) is 60.9. The van der Waals surface area contributed by atoms with E-state index in [0.29, 0.717) is 19.3 Å². The molecule has 0 aromatic carbocycles. The SMILES string of the molecule is CC/C=C\C/C=C\C/C=C\C/C=C\CCCCCCCCCCCCCCCCCCCCCCCCC(=O)OCC(COC(=O)CCCCCCCCCC)OC(=O)CCCCCCCCCCCCC. The maximum atomic E-state index is 12.8. The molecule has 0 aliphatic rings. The molecule has 0 bridgehead atoms. The van der Waals surface area contributed by atoms with Crippen LogP contribution in [0.1, 0.15) is 335 Å². The van der Waals surface area contributed by atoms with Gasteiger partial charge in [-0.1, -0.05) is 307 Å². The smallest absolute Gasteiger partial charge is 0.306 e. The molecule has 0 aliphatic carbocycles. The molecule has 0 spiro atoms. The Morgan fingerprint density at radius 3 is 0.847 bits per heavy atom. The van der Waals surface area contributed by atoms with Crippen molar-refractivity contribution in [3.63, 3.8) is 0 Å². The third-order valence-corrected chi connectivity index (χ3v) is 14.1. The van der Waals surface area contributed by atoms with E-state index in [4.69, 9.17) is 14.2 Å². The first-order chi connectivity index (χ1) is 35.5. The molecule has 0 radical (unpaired) electrons. The van der Waals surface area contributed by atoms with Crippen LogP contribution in [0.3, 0.4) is 0 Å². The van der Waals surface area contributed by atoms with E-state index >= 15 is 0 Å². The Morgan fingerprint density at radius 2 is 0.542 bits per heavy atom. The van der Waals surface area contributed by atoms with Gasteiger partial charge in [-0.15, -0.1) is 0 Å². The summed E-state index contributed by atoms with van der Waals surface area (Å²) < 4.78 is 16.8. The van der Waals surface area contributed by atoms with Crippen molar-refractivity contribution in [1.82, 2.24) is 0 Å². The van der Waals surface area contributed by atoms with Gasteiger partial charge in [-0.3, -0.25) is 14.4 Å². The van der Waals surface area contributed by atoms with Crippen molar-refractivity contribution in [2.75, 3.05) is 13.2 Å². The summed E-state index contributed by atoms with van der Waals surface area (Å²) in [7, 11) is 0. The molecule has 0 amide bonds. The Kier molecular flexibility index (Phi) is 58.7. The van der Waals surface area contributed by atoms with E-state index < -0.39 is 6.10 Å². The number of carbonyl (C=O) groups is 3. The van der Waals surface area contributed by atoms with E-state index in [-0.39, 0.29) is 31.1 Å². The maximum absolute atomic E-state index is 12.8. The summed E-state index contributed by atoms with van der Waals surface area (Å²) in [5, 5.41) is 0. The third kappa shape index (κ3) is 58.3. The Morgan fingerprint density at radius 1 is 0.292 bits per heavy atom.